The summed E-state index contributed by atoms with van der Waals surface area (Å²) >= 11 is 3.32. The predicted molar refractivity (Wildman–Crippen MR) is 67.3 cm³/mol. The van der Waals surface area contributed by atoms with Gasteiger partial charge in [-0.25, -0.2) is 0 Å². The molecule has 1 aromatic rings. The molecule has 3 nitrogen and oxygen atoms in total. The van der Waals surface area contributed by atoms with Gasteiger partial charge in [0.05, 0.1) is 5.56 Å². The number of benzene rings is 1. The van der Waals surface area contributed by atoms with Crippen molar-refractivity contribution >= 4 is 21.8 Å². The van der Waals surface area contributed by atoms with E-state index in [2.05, 4.69) is 21.2 Å². The van der Waals surface area contributed by atoms with Crippen molar-refractivity contribution < 1.29 is 9.90 Å². The smallest absolute Gasteiger partial charge is 0.252 e. The number of hydrogen-bond donors (Lipinski definition) is 2. The highest BCUT2D eigenvalue weighted by Crippen LogP contribution is 2.16. The van der Waals surface area contributed by atoms with Crippen LogP contribution in [0.3, 0.4) is 0 Å². The molecule has 0 radical (unpaired) electrons. The van der Waals surface area contributed by atoms with Gasteiger partial charge in [0, 0.05) is 23.0 Å². The minimum absolute atomic E-state index is 0.0449. The summed E-state index contributed by atoms with van der Waals surface area (Å²) in [6.07, 6.45) is 0. The number of amides is 1. The molecule has 0 unspecified atom stereocenters. The Morgan fingerprint density at radius 1 is 1.44 bits per heavy atom. The Morgan fingerprint density at radius 2 is 2.06 bits per heavy atom. The standard InChI is InChI=1S/C12H16BrNO2/c1-12(2,8-15)7-14-11(16)9-5-3-4-6-10(9)13/h3-6,15H,7-8H2,1-2H3,(H,14,16). The summed E-state index contributed by atoms with van der Waals surface area (Å²) in [6.45, 7) is 4.29. The summed E-state index contributed by atoms with van der Waals surface area (Å²) < 4.78 is 0.773. The van der Waals surface area contributed by atoms with E-state index in [0.29, 0.717) is 12.1 Å². The summed E-state index contributed by atoms with van der Waals surface area (Å²) in [5.74, 6) is -0.131. The SMILES string of the molecule is CC(C)(CO)CNC(=O)c1ccccc1Br. The van der Waals surface area contributed by atoms with Crippen LogP contribution in [-0.4, -0.2) is 24.2 Å². The van der Waals surface area contributed by atoms with Gasteiger partial charge in [0.1, 0.15) is 0 Å². The Kier molecular flexibility index (Phi) is 4.50. The predicted octanol–water partition coefficient (Wildman–Crippen LogP) is 2.20. The van der Waals surface area contributed by atoms with Crippen LogP contribution >= 0.6 is 15.9 Å². The Balaban J connectivity index is 2.64. The van der Waals surface area contributed by atoms with Crippen molar-refractivity contribution in [1.82, 2.24) is 5.32 Å². The summed E-state index contributed by atoms with van der Waals surface area (Å²) in [4.78, 5) is 11.8. The average molecular weight is 286 g/mol. The Labute approximate surface area is 104 Å². The molecule has 0 aliphatic rings. The largest absolute Gasteiger partial charge is 0.396 e. The van der Waals surface area contributed by atoms with Gasteiger partial charge in [-0.1, -0.05) is 26.0 Å². The van der Waals surface area contributed by atoms with E-state index in [9.17, 15) is 4.79 Å². The highest BCUT2D eigenvalue weighted by molar-refractivity contribution is 9.10. The molecule has 0 aliphatic heterocycles. The molecule has 1 rings (SSSR count). The van der Waals surface area contributed by atoms with Crippen LogP contribution in [0.4, 0.5) is 0 Å². The van der Waals surface area contributed by atoms with E-state index < -0.39 is 0 Å². The zero-order valence-electron chi connectivity index (χ0n) is 9.46. The third kappa shape index (κ3) is 3.61. The number of aliphatic hydroxyl groups is 1. The lowest BCUT2D eigenvalue weighted by Gasteiger charge is -2.21. The summed E-state index contributed by atoms with van der Waals surface area (Å²) in [5, 5.41) is 11.9. The Bertz CT molecular complexity index is 377. The van der Waals surface area contributed by atoms with Crippen LogP contribution in [0.1, 0.15) is 24.2 Å². The fourth-order valence-electron chi connectivity index (χ4n) is 1.12. The maximum absolute atomic E-state index is 11.8. The van der Waals surface area contributed by atoms with Gasteiger partial charge < -0.3 is 10.4 Å². The first-order valence-electron chi connectivity index (χ1n) is 5.10. The molecular formula is C12H16BrNO2. The lowest BCUT2D eigenvalue weighted by atomic mass is 9.95. The van der Waals surface area contributed by atoms with Crippen molar-refractivity contribution in [3.63, 3.8) is 0 Å². The van der Waals surface area contributed by atoms with Crippen LogP contribution in [0.15, 0.2) is 28.7 Å². The molecule has 1 amide bonds. The van der Waals surface area contributed by atoms with Crippen LogP contribution in [0.2, 0.25) is 0 Å². The molecule has 0 bridgehead atoms. The third-order valence-electron chi connectivity index (χ3n) is 2.27. The molecule has 1 aromatic carbocycles. The Hall–Kier alpha value is -0.870. The van der Waals surface area contributed by atoms with E-state index in [-0.39, 0.29) is 17.9 Å². The summed E-state index contributed by atoms with van der Waals surface area (Å²) in [7, 11) is 0. The second-order valence-corrected chi connectivity index (χ2v) is 5.34. The maximum atomic E-state index is 11.8. The van der Waals surface area contributed by atoms with Gasteiger partial charge in [0.25, 0.3) is 5.91 Å². The normalized spacial score (nSPS) is 11.2. The fourth-order valence-corrected chi connectivity index (χ4v) is 1.58. The molecule has 0 aromatic heterocycles. The molecule has 0 heterocycles. The third-order valence-corrected chi connectivity index (χ3v) is 2.97. The molecule has 0 spiro atoms. The quantitative estimate of drug-likeness (QED) is 0.891. The molecule has 0 atom stereocenters. The molecule has 16 heavy (non-hydrogen) atoms. The van der Waals surface area contributed by atoms with Gasteiger partial charge in [-0.3, -0.25) is 4.79 Å². The van der Waals surface area contributed by atoms with Crippen molar-refractivity contribution in [3.8, 4) is 0 Å². The van der Waals surface area contributed by atoms with Gasteiger partial charge in [-0.15, -0.1) is 0 Å². The number of aliphatic hydroxyl groups excluding tert-OH is 1. The summed E-state index contributed by atoms with van der Waals surface area (Å²) in [5.41, 5.74) is 0.313. The van der Waals surface area contributed by atoms with Gasteiger partial charge in [-0.05, 0) is 28.1 Å². The van der Waals surface area contributed by atoms with E-state index in [1.807, 2.05) is 32.0 Å². The van der Waals surface area contributed by atoms with Crippen LogP contribution < -0.4 is 5.32 Å². The van der Waals surface area contributed by atoms with Crippen LogP contribution in [-0.2, 0) is 0 Å². The van der Waals surface area contributed by atoms with Gasteiger partial charge in [-0.2, -0.15) is 0 Å². The zero-order chi connectivity index (χ0) is 12.2. The van der Waals surface area contributed by atoms with E-state index in [1.165, 1.54) is 0 Å². The monoisotopic (exact) mass is 285 g/mol. The summed E-state index contributed by atoms with van der Waals surface area (Å²) in [6, 6.07) is 7.26. The van der Waals surface area contributed by atoms with Crippen molar-refractivity contribution in [1.29, 1.82) is 0 Å². The topological polar surface area (TPSA) is 49.3 Å². The maximum Gasteiger partial charge on any atom is 0.252 e. The van der Waals surface area contributed by atoms with E-state index in [1.54, 1.807) is 6.07 Å². The number of rotatable bonds is 4. The van der Waals surface area contributed by atoms with E-state index in [4.69, 9.17) is 5.11 Å². The minimum Gasteiger partial charge on any atom is -0.396 e. The molecule has 0 aliphatic carbocycles. The molecule has 0 saturated carbocycles. The number of carbonyl (C=O) groups excluding carboxylic acids is 1. The first-order chi connectivity index (χ1) is 7.46. The van der Waals surface area contributed by atoms with Crippen LogP contribution in [0.5, 0.6) is 0 Å². The lowest BCUT2D eigenvalue weighted by molar-refractivity contribution is 0.0910. The van der Waals surface area contributed by atoms with Crippen molar-refractivity contribution in [2.45, 2.75) is 13.8 Å². The number of carbonyl (C=O) groups is 1. The first kappa shape index (κ1) is 13.2. The number of halogens is 1. The molecule has 0 saturated heterocycles. The van der Waals surface area contributed by atoms with Crippen LogP contribution in [0, 0.1) is 5.41 Å². The fraction of sp³-hybridized carbons (Fsp3) is 0.417. The van der Waals surface area contributed by atoms with Crippen LogP contribution in [0.25, 0.3) is 0 Å². The first-order valence-corrected chi connectivity index (χ1v) is 5.89. The zero-order valence-corrected chi connectivity index (χ0v) is 11.0. The van der Waals surface area contributed by atoms with Crippen molar-refractivity contribution in [2.75, 3.05) is 13.2 Å². The molecule has 2 N–H and O–H groups in total. The molecule has 4 heteroatoms. The van der Waals surface area contributed by atoms with Gasteiger partial charge >= 0.3 is 0 Å². The van der Waals surface area contributed by atoms with E-state index >= 15 is 0 Å². The van der Waals surface area contributed by atoms with E-state index in [0.717, 1.165) is 4.47 Å². The Morgan fingerprint density at radius 3 is 2.62 bits per heavy atom. The molecule has 88 valence electrons. The molecule has 0 fully saturated rings. The lowest BCUT2D eigenvalue weighted by Crippen LogP contribution is -2.36. The van der Waals surface area contributed by atoms with Crippen molar-refractivity contribution in [2.24, 2.45) is 5.41 Å². The highest BCUT2D eigenvalue weighted by atomic mass is 79.9. The van der Waals surface area contributed by atoms with Gasteiger partial charge in [0.2, 0.25) is 0 Å². The minimum atomic E-state index is -0.295. The second-order valence-electron chi connectivity index (χ2n) is 4.48. The number of hydrogen-bond acceptors (Lipinski definition) is 2. The average Bonchev–Trinajstić information content (AvgIpc) is 2.27. The second kappa shape index (κ2) is 5.46. The van der Waals surface area contributed by atoms with Crippen molar-refractivity contribution in [3.05, 3.63) is 34.3 Å². The highest BCUT2D eigenvalue weighted by Gasteiger charge is 2.18. The number of nitrogens with one attached hydrogen (secondary N) is 1. The molecular weight excluding hydrogens is 270 g/mol. The van der Waals surface area contributed by atoms with Gasteiger partial charge in [0.15, 0.2) is 0 Å².